The molecule has 4 aliphatic carbocycles. The number of Topliss-reactive ketones (excluding diaryl/α,β-unsaturated/α-hetero) is 1. The molecule has 3 fully saturated rings. The van der Waals surface area contributed by atoms with Gasteiger partial charge in [0.15, 0.2) is 12.4 Å². The van der Waals surface area contributed by atoms with Crippen LogP contribution in [-0.4, -0.2) is 81.5 Å². The highest BCUT2D eigenvalue weighted by Gasteiger charge is 2.68. The highest BCUT2D eigenvalue weighted by molar-refractivity contribution is 5.92. The number of ketones is 2. The van der Waals surface area contributed by atoms with Crippen LogP contribution in [0, 0.1) is 28.6 Å². The van der Waals surface area contributed by atoms with Gasteiger partial charge >= 0.3 is 11.9 Å². The van der Waals surface area contributed by atoms with Gasteiger partial charge in [0.1, 0.15) is 11.6 Å². The lowest BCUT2D eigenvalue weighted by Crippen LogP contribution is -2.62. The van der Waals surface area contributed by atoms with E-state index in [2.05, 4.69) is 12.2 Å². The topological polar surface area (TPSA) is 223 Å². The summed E-state index contributed by atoms with van der Waals surface area (Å²) in [4.78, 5) is 63.3. The molecule has 0 radical (unpaired) electrons. The number of nitrogens with zero attached hydrogens (tertiary/aromatic N) is 1. The molecule has 0 aromatic heterocycles. The third kappa shape index (κ3) is 6.71. The molecule has 268 valence electrons. The Bertz CT molecular complexity index is 1540. The molecule has 4 aliphatic rings. The average Bonchev–Trinajstić information content (AvgIpc) is 3.33. The molecule has 5 rings (SSSR count). The maximum Gasteiger partial charge on any atom is 0.328 e. The monoisotopic (exact) mass is 685 g/mol. The Morgan fingerprint density at radius 3 is 2.53 bits per heavy atom. The van der Waals surface area contributed by atoms with E-state index < -0.39 is 77.7 Å². The number of benzene rings is 1. The van der Waals surface area contributed by atoms with Gasteiger partial charge in [-0.3, -0.25) is 29.6 Å². The smallest absolute Gasteiger partial charge is 0.328 e. The number of hydrogen-bond acceptors (Lipinski definition) is 13. The number of carbonyl (C=O) groups is 5. The molecular weight excluding hydrogens is 640 g/mol. The quantitative estimate of drug-likeness (QED) is 0.165. The molecule has 5 N–H and O–H groups in total. The van der Waals surface area contributed by atoms with Crippen LogP contribution in [0.15, 0.2) is 29.8 Å². The van der Waals surface area contributed by atoms with Crippen molar-refractivity contribution in [3.05, 3.63) is 35.4 Å². The van der Waals surface area contributed by atoms with E-state index in [4.69, 9.17) is 9.47 Å². The molecule has 1 unspecified atom stereocenters. The summed E-state index contributed by atoms with van der Waals surface area (Å²) in [5.74, 6) is -3.67. The fraction of sp³-hybridized carbons (Fsp3) is 0.629. The van der Waals surface area contributed by atoms with Crippen molar-refractivity contribution in [2.24, 2.45) is 28.6 Å². The van der Waals surface area contributed by atoms with Gasteiger partial charge < -0.3 is 30.1 Å². The average molecular weight is 686 g/mol. The molecule has 3 saturated carbocycles. The zero-order chi connectivity index (χ0) is 35.9. The molecule has 0 bridgehead atoms. The minimum atomic E-state index is -1.82. The molecule has 1 amide bonds. The Morgan fingerprint density at radius 2 is 1.84 bits per heavy atom. The van der Waals surface area contributed by atoms with E-state index in [0.717, 1.165) is 37.7 Å². The molecule has 8 atom stereocenters. The number of carbonyl (C=O) groups excluding carboxylic acids is 5. The lowest BCUT2D eigenvalue weighted by Gasteiger charge is -2.60. The van der Waals surface area contributed by atoms with Crippen molar-refractivity contribution in [3.8, 4) is 5.75 Å². The van der Waals surface area contributed by atoms with E-state index in [9.17, 15) is 49.7 Å². The number of fused-ring (bicyclic) bond motifs is 5. The molecule has 0 saturated heterocycles. The fourth-order valence-corrected chi connectivity index (χ4v) is 9.39. The summed E-state index contributed by atoms with van der Waals surface area (Å²) < 4.78 is 9.94. The van der Waals surface area contributed by atoms with E-state index in [0.29, 0.717) is 24.8 Å². The largest absolute Gasteiger partial charge is 0.871 e. The minimum absolute atomic E-state index is 0.0379. The molecule has 0 aliphatic heterocycles. The SMILES string of the molecule is COC(=O)C(Cc1ccc([O-])c(N(O)O)c1)NC(=O)CCC(=O)OCC(=O)[C@@]1(O)CC[C@H]2[C@@H]3CCC4=CC(=O)CC[C@]4(C)[C@H]3[C@@H](O)C[C@@]21C. The first-order valence-electron chi connectivity index (χ1n) is 16.7. The highest BCUT2D eigenvalue weighted by atomic mass is 16.8. The Kier molecular flexibility index (Phi) is 10.3. The van der Waals surface area contributed by atoms with Crippen LogP contribution in [0.2, 0.25) is 0 Å². The van der Waals surface area contributed by atoms with Crippen LogP contribution in [-0.2, 0) is 39.9 Å². The maximum absolute atomic E-state index is 13.5. The van der Waals surface area contributed by atoms with E-state index >= 15 is 0 Å². The second-order valence-electron chi connectivity index (χ2n) is 14.5. The summed E-state index contributed by atoms with van der Waals surface area (Å²) in [6.07, 6.45) is 3.54. The van der Waals surface area contributed by atoms with E-state index in [-0.39, 0.29) is 53.4 Å². The first-order valence-corrected chi connectivity index (χ1v) is 16.7. The van der Waals surface area contributed by atoms with Gasteiger partial charge in [0.05, 0.1) is 25.3 Å². The van der Waals surface area contributed by atoms with Crippen LogP contribution in [0.25, 0.3) is 0 Å². The lowest BCUT2D eigenvalue weighted by atomic mass is 9.45. The number of amides is 1. The summed E-state index contributed by atoms with van der Waals surface area (Å²) in [5.41, 5.74) is -2.13. The van der Waals surface area contributed by atoms with Gasteiger partial charge in [0, 0.05) is 24.7 Å². The molecule has 14 nitrogen and oxygen atoms in total. The Morgan fingerprint density at radius 1 is 1.10 bits per heavy atom. The summed E-state index contributed by atoms with van der Waals surface area (Å²) in [6, 6.07) is 2.32. The Hall–Kier alpha value is -3.85. The van der Waals surface area contributed by atoms with Crippen LogP contribution < -0.4 is 15.6 Å². The van der Waals surface area contributed by atoms with Crippen molar-refractivity contribution in [1.82, 2.24) is 5.32 Å². The van der Waals surface area contributed by atoms with Gasteiger partial charge in [-0.1, -0.05) is 37.3 Å². The van der Waals surface area contributed by atoms with Gasteiger partial charge in [0.2, 0.25) is 11.7 Å². The molecule has 49 heavy (non-hydrogen) atoms. The summed E-state index contributed by atoms with van der Waals surface area (Å²) in [5, 5.41) is 55.8. The number of nitrogens with one attached hydrogen (secondary N) is 1. The van der Waals surface area contributed by atoms with Gasteiger partial charge in [-0.15, -0.1) is 5.23 Å². The van der Waals surface area contributed by atoms with Crippen LogP contribution in [0.3, 0.4) is 0 Å². The van der Waals surface area contributed by atoms with Crippen molar-refractivity contribution >= 4 is 35.1 Å². The number of aliphatic hydroxyl groups excluding tert-OH is 1. The van der Waals surface area contributed by atoms with Crippen molar-refractivity contribution in [2.75, 3.05) is 18.9 Å². The predicted molar refractivity (Wildman–Crippen MR) is 168 cm³/mol. The standard InChI is InChI=1S/C35H46N2O12/c1-33-12-10-21(38)16-20(33)5-6-22-23-11-13-35(45,34(23,2)17-27(40)31(22)33)28(41)18-49-30(43)9-8-29(42)36-24(32(44)48-3)14-19-4-7-26(39)25(15-19)37(46)47/h4,7,15-16,22-24,27,31,39-40,45-47H,5-6,8-14,17-18H2,1-3H3,(H,36,42)/p-1/t22-,23-,24?,27-,31+,33-,34-,35-/m0/s1. The van der Waals surface area contributed by atoms with E-state index in [1.54, 1.807) is 6.08 Å². The number of anilines is 1. The lowest BCUT2D eigenvalue weighted by molar-refractivity contribution is -0.268. The Balaban J connectivity index is 1.16. The fourth-order valence-electron chi connectivity index (χ4n) is 9.39. The predicted octanol–water partition coefficient (Wildman–Crippen LogP) is 1.67. The zero-order valence-electron chi connectivity index (χ0n) is 28.0. The van der Waals surface area contributed by atoms with Crippen molar-refractivity contribution in [1.29, 1.82) is 0 Å². The number of aliphatic hydroxyl groups is 2. The van der Waals surface area contributed by atoms with Crippen molar-refractivity contribution in [2.45, 2.75) is 95.8 Å². The van der Waals surface area contributed by atoms with Crippen molar-refractivity contribution < 1.29 is 59.2 Å². The number of allylic oxidation sites excluding steroid dienone is 1. The molecular formula is C35H45N2O12-. The number of rotatable bonds is 11. The molecule has 1 aromatic rings. The molecule has 0 spiro atoms. The van der Waals surface area contributed by atoms with Crippen LogP contribution in [0.1, 0.15) is 77.2 Å². The number of methoxy groups -OCH3 is 1. The number of esters is 2. The summed E-state index contributed by atoms with van der Waals surface area (Å²) in [6.45, 7) is 3.26. The number of ether oxygens (including phenoxy) is 2. The first-order chi connectivity index (χ1) is 23.0. The normalized spacial score (nSPS) is 32.5. The summed E-state index contributed by atoms with van der Waals surface area (Å²) >= 11 is 0. The van der Waals surface area contributed by atoms with Gasteiger partial charge in [0.25, 0.3) is 0 Å². The second-order valence-corrected chi connectivity index (χ2v) is 14.5. The van der Waals surface area contributed by atoms with E-state index in [1.807, 2.05) is 6.92 Å². The third-order valence-electron chi connectivity index (χ3n) is 11.9. The highest BCUT2D eigenvalue weighted by Crippen LogP contribution is 2.67. The maximum atomic E-state index is 13.5. The van der Waals surface area contributed by atoms with Crippen LogP contribution >= 0.6 is 0 Å². The van der Waals surface area contributed by atoms with Gasteiger partial charge in [-0.2, -0.15) is 0 Å². The number of hydrogen-bond donors (Lipinski definition) is 5. The first kappa shape index (κ1) is 36.4. The molecule has 0 heterocycles. The second kappa shape index (κ2) is 13.8. The minimum Gasteiger partial charge on any atom is -0.871 e. The molecule has 14 heteroatoms. The van der Waals surface area contributed by atoms with Crippen molar-refractivity contribution in [3.63, 3.8) is 0 Å². The van der Waals surface area contributed by atoms with Gasteiger partial charge in [-0.25, -0.2) is 4.79 Å². The van der Waals surface area contributed by atoms with Crippen LogP contribution in [0.5, 0.6) is 5.75 Å². The summed E-state index contributed by atoms with van der Waals surface area (Å²) in [7, 11) is 1.11. The zero-order valence-corrected chi connectivity index (χ0v) is 28.0. The third-order valence-corrected chi connectivity index (χ3v) is 11.9. The Labute approximate surface area is 284 Å². The van der Waals surface area contributed by atoms with Gasteiger partial charge in [-0.05, 0) is 79.4 Å². The van der Waals surface area contributed by atoms with Crippen LogP contribution in [0.4, 0.5) is 5.69 Å². The van der Waals surface area contributed by atoms with E-state index in [1.165, 1.54) is 6.07 Å². The molecule has 1 aromatic carbocycles.